The summed E-state index contributed by atoms with van der Waals surface area (Å²) in [6.45, 7) is 6.57. The van der Waals surface area contributed by atoms with E-state index in [4.69, 9.17) is 5.26 Å². The van der Waals surface area contributed by atoms with E-state index in [1.165, 1.54) is 19.0 Å². The first-order valence-electron chi connectivity index (χ1n) is 6.11. The van der Waals surface area contributed by atoms with Crippen LogP contribution in [-0.2, 0) is 0 Å². The molecule has 4 heteroatoms. The Balaban J connectivity index is 2.45. The molecule has 0 saturated heterocycles. The van der Waals surface area contributed by atoms with E-state index < -0.39 is 0 Å². The second kappa shape index (κ2) is 6.85. The van der Waals surface area contributed by atoms with Gasteiger partial charge in [0, 0.05) is 18.4 Å². The second-order valence-electron chi connectivity index (χ2n) is 4.74. The summed E-state index contributed by atoms with van der Waals surface area (Å²) in [5.74, 6) is 1.33. The monoisotopic (exact) mass is 232 g/mol. The highest BCUT2D eigenvalue weighted by Gasteiger charge is 2.08. The van der Waals surface area contributed by atoms with Crippen molar-refractivity contribution in [1.82, 2.24) is 9.97 Å². The van der Waals surface area contributed by atoms with E-state index in [1.54, 1.807) is 6.20 Å². The number of rotatable bonds is 6. The van der Waals surface area contributed by atoms with Crippen molar-refractivity contribution < 1.29 is 0 Å². The van der Waals surface area contributed by atoms with Crippen molar-refractivity contribution in [2.24, 2.45) is 5.92 Å². The summed E-state index contributed by atoms with van der Waals surface area (Å²) >= 11 is 0. The maximum Gasteiger partial charge on any atom is 0.182 e. The summed E-state index contributed by atoms with van der Waals surface area (Å²) in [5.41, 5.74) is 0.364. The highest BCUT2D eigenvalue weighted by atomic mass is 15.0. The number of nitrogens with zero attached hydrogens (tertiary/aromatic N) is 3. The molecule has 0 aliphatic carbocycles. The van der Waals surface area contributed by atoms with Gasteiger partial charge in [-0.25, -0.2) is 9.97 Å². The molecule has 0 aliphatic rings. The molecule has 92 valence electrons. The van der Waals surface area contributed by atoms with Crippen LogP contribution < -0.4 is 5.32 Å². The Morgan fingerprint density at radius 2 is 1.94 bits per heavy atom. The second-order valence-corrected chi connectivity index (χ2v) is 4.74. The number of hydrogen-bond donors (Lipinski definition) is 1. The first kappa shape index (κ1) is 13.4. The molecule has 17 heavy (non-hydrogen) atoms. The smallest absolute Gasteiger partial charge is 0.182 e. The Morgan fingerprint density at radius 1 is 1.24 bits per heavy atom. The van der Waals surface area contributed by atoms with E-state index in [0.29, 0.717) is 17.6 Å². The Hall–Kier alpha value is -1.63. The Labute approximate surface area is 103 Å². The van der Waals surface area contributed by atoms with Gasteiger partial charge in [-0.2, -0.15) is 5.26 Å². The average molecular weight is 232 g/mol. The topological polar surface area (TPSA) is 61.6 Å². The maximum atomic E-state index is 8.89. The van der Waals surface area contributed by atoms with Crippen molar-refractivity contribution in [2.45, 2.75) is 46.1 Å². The number of nitriles is 1. The molecule has 1 unspecified atom stereocenters. The third-order valence-corrected chi connectivity index (χ3v) is 2.61. The molecule has 0 spiro atoms. The summed E-state index contributed by atoms with van der Waals surface area (Å²) in [6.07, 6.45) is 6.64. The van der Waals surface area contributed by atoms with Gasteiger partial charge in [0.05, 0.1) is 0 Å². The lowest BCUT2D eigenvalue weighted by atomic mass is 10.0. The van der Waals surface area contributed by atoms with E-state index in [1.807, 2.05) is 6.07 Å². The number of nitrogens with one attached hydrogen (secondary N) is 1. The van der Waals surface area contributed by atoms with Crippen LogP contribution in [0.15, 0.2) is 12.4 Å². The van der Waals surface area contributed by atoms with Gasteiger partial charge in [0.25, 0.3) is 0 Å². The Kier molecular flexibility index (Phi) is 5.41. The maximum absolute atomic E-state index is 8.89. The van der Waals surface area contributed by atoms with Gasteiger partial charge >= 0.3 is 0 Å². The minimum absolute atomic E-state index is 0.317. The first-order chi connectivity index (χ1) is 8.13. The number of aromatic nitrogens is 2. The minimum atomic E-state index is 0.317. The quantitative estimate of drug-likeness (QED) is 0.819. The Bertz CT molecular complexity index is 381. The van der Waals surface area contributed by atoms with Gasteiger partial charge in [0.2, 0.25) is 0 Å². The van der Waals surface area contributed by atoms with E-state index >= 15 is 0 Å². The van der Waals surface area contributed by atoms with E-state index in [9.17, 15) is 0 Å². The van der Waals surface area contributed by atoms with Crippen molar-refractivity contribution in [3.05, 3.63) is 18.1 Å². The van der Waals surface area contributed by atoms with Crippen molar-refractivity contribution in [3.8, 4) is 6.07 Å². The van der Waals surface area contributed by atoms with Gasteiger partial charge in [-0.3, -0.25) is 0 Å². The molecule has 0 aliphatic heterocycles. The van der Waals surface area contributed by atoms with E-state index in [0.717, 1.165) is 12.3 Å². The van der Waals surface area contributed by atoms with Crippen molar-refractivity contribution >= 4 is 5.82 Å². The standard InChI is InChI=1S/C13H20N4/c1-10(2)5-4-6-11(3)17-13-12(9-14)15-7-8-16-13/h7-8,10-11H,4-6H2,1-3H3,(H,16,17). The van der Waals surface area contributed by atoms with Crippen LogP contribution >= 0.6 is 0 Å². The fraction of sp³-hybridized carbons (Fsp3) is 0.615. The lowest BCUT2D eigenvalue weighted by Crippen LogP contribution is -2.17. The normalized spacial score (nSPS) is 12.2. The van der Waals surface area contributed by atoms with E-state index in [-0.39, 0.29) is 0 Å². The van der Waals surface area contributed by atoms with Crippen LogP contribution in [0.2, 0.25) is 0 Å². The number of hydrogen-bond acceptors (Lipinski definition) is 4. The van der Waals surface area contributed by atoms with Crippen LogP contribution in [-0.4, -0.2) is 16.0 Å². The summed E-state index contributed by atoms with van der Waals surface area (Å²) in [4.78, 5) is 8.11. The predicted molar refractivity (Wildman–Crippen MR) is 68.5 cm³/mol. The van der Waals surface area contributed by atoms with Gasteiger partial charge < -0.3 is 5.32 Å². The fourth-order valence-electron chi connectivity index (χ4n) is 1.66. The predicted octanol–water partition coefficient (Wildman–Crippen LogP) is 2.97. The minimum Gasteiger partial charge on any atom is -0.365 e. The zero-order valence-corrected chi connectivity index (χ0v) is 10.8. The molecule has 1 aromatic heterocycles. The SMILES string of the molecule is CC(C)CCCC(C)Nc1nccnc1C#N. The van der Waals surface area contributed by atoms with Crippen LogP contribution in [0, 0.1) is 17.2 Å². The summed E-state index contributed by atoms with van der Waals surface area (Å²) < 4.78 is 0. The van der Waals surface area contributed by atoms with Crippen LogP contribution in [0.25, 0.3) is 0 Å². The highest BCUT2D eigenvalue weighted by Crippen LogP contribution is 2.13. The molecule has 1 rings (SSSR count). The van der Waals surface area contributed by atoms with Gasteiger partial charge in [-0.1, -0.05) is 26.7 Å². The molecule has 1 N–H and O–H groups in total. The van der Waals surface area contributed by atoms with Gasteiger partial charge in [-0.15, -0.1) is 0 Å². The molecule has 1 heterocycles. The van der Waals surface area contributed by atoms with Crippen LogP contribution in [0.1, 0.15) is 45.7 Å². The van der Waals surface area contributed by atoms with Crippen LogP contribution in [0.3, 0.4) is 0 Å². The van der Waals surface area contributed by atoms with E-state index in [2.05, 4.69) is 36.1 Å². The third kappa shape index (κ3) is 4.81. The van der Waals surface area contributed by atoms with Crippen molar-refractivity contribution in [3.63, 3.8) is 0 Å². The van der Waals surface area contributed by atoms with Gasteiger partial charge in [-0.05, 0) is 19.3 Å². The molecule has 0 aromatic carbocycles. The number of anilines is 1. The van der Waals surface area contributed by atoms with Crippen molar-refractivity contribution in [1.29, 1.82) is 5.26 Å². The largest absolute Gasteiger partial charge is 0.365 e. The lowest BCUT2D eigenvalue weighted by molar-refractivity contribution is 0.520. The lowest BCUT2D eigenvalue weighted by Gasteiger charge is -2.15. The summed E-state index contributed by atoms with van der Waals surface area (Å²) in [5, 5.41) is 12.1. The summed E-state index contributed by atoms with van der Waals surface area (Å²) in [7, 11) is 0. The summed E-state index contributed by atoms with van der Waals surface area (Å²) in [6, 6.07) is 2.36. The average Bonchev–Trinajstić information content (AvgIpc) is 2.29. The molecule has 0 amide bonds. The fourth-order valence-corrected chi connectivity index (χ4v) is 1.66. The molecule has 0 fully saturated rings. The molecule has 4 nitrogen and oxygen atoms in total. The molecule has 0 bridgehead atoms. The molecule has 1 atom stereocenters. The molecule has 0 saturated carbocycles. The zero-order valence-electron chi connectivity index (χ0n) is 10.8. The van der Waals surface area contributed by atoms with Gasteiger partial charge in [0.15, 0.2) is 11.5 Å². The van der Waals surface area contributed by atoms with Gasteiger partial charge in [0.1, 0.15) is 6.07 Å². The molecule has 0 radical (unpaired) electrons. The zero-order chi connectivity index (χ0) is 12.7. The highest BCUT2D eigenvalue weighted by molar-refractivity contribution is 5.47. The molecular formula is C13H20N4. The van der Waals surface area contributed by atoms with Crippen LogP contribution in [0.5, 0.6) is 0 Å². The van der Waals surface area contributed by atoms with Crippen molar-refractivity contribution in [2.75, 3.05) is 5.32 Å². The molecular weight excluding hydrogens is 212 g/mol. The molecule has 1 aromatic rings. The van der Waals surface area contributed by atoms with Crippen LogP contribution in [0.4, 0.5) is 5.82 Å². The third-order valence-electron chi connectivity index (χ3n) is 2.61. The first-order valence-corrected chi connectivity index (χ1v) is 6.11. The Morgan fingerprint density at radius 3 is 2.59 bits per heavy atom.